The van der Waals surface area contributed by atoms with E-state index < -0.39 is 24.3 Å². The van der Waals surface area contributed by atoms with Crippen LogP contribution in [0.1, 0.15) is 19.4 Å². The Labute approximate surface area is 116 Å². The largest absolute Gasteiger partial charge is 0.444 e. The Morgan fingerprint density at radius 1 is 1.30 bits per heavy atom. The number of nitrogens with zero attached hydrogens (tertiary/aromatic N) is 1. The third-order valence-corrected chi connectivity index (χ3v) is 3.44. The van der Waals surface area contributed by atoms with Crippen LogP contribution >= 0.6 is 0 Å². The number of carbonyl (C=O) groups excluding carboxylic acids is 1. The molecule has 1 heterocycles. The van der Waals surface area contributed by atoms with Crippen LogP contribution < -0.4 is 5.32 Å². The maximum absolute atomic E-state index is 13.4. The Hall–Kier alpha value is -1.69. The van der Waals surface area contributed by atoms with Crippen molar-refractivity contribution in [2.24, 2.45) is 0 Å². The minimum absolute atomic E-state index is 0.0169. The van der Waals surface area contributed by atoms with Crippen LogP contribution in [0.25, 0.3) is 0 Å². The minimum atomic E-state index is -0.709. The van der Waals surface area contributed by atoms with E-state index in [1.807, 2.05) is 13.8 Å². The molecule has 2 rings (SSSR count). The summed E-state index contributed by atoms with van der Waals surface area (Å²) in [5, 5.41) is 3.19. The molecular weight excluding hydrogens is 266 g/mol. The zero-order valence-electron chi connectivity index (χ0n) is 11.5. The summed E-state index contributed by atoms with van der Waals surface area (Å²) in [5.41, 5.74) is -0.226. The highest BCUT2D eigenvalue weighted by atomic mass is 19.1. The average molecular weight is 284 g/mol. The Balaban J connectivity index is 2.01. The molecule has 1 saturated heterocycles. The lowest BCUT2D eigenvalue weighted by Crippen LogP contribution is -2.57. The molecule has 0 aliphatic carbocycles. The molecule has 110 valence electrons. The second kappa shape index (κ2) is 6.17. The molecule has 1 amide bonds. The Kier molecular flexibility index (Phi) is 4.54. The first-order chi connectivity index (χ1) is 9.50. The van der Waals surface area contributed by atoms with Crippen molar-refractivity contribution in [1.82, 2.24) is 10.2 Å². The van der Waals surface area contributed by atoms with Gasteiger partial charge in [0.1, 0.15) is 18.2 Å². The number of halogens is 2. The standard InChI is InChI=1S/C14H18F2N2O2/c1-9-6-17-7-10(2)18(9)14(19)20-8-11-12(15)4-3-5-13(11)16/h3-5,9-10,17H,6-8H2,1-2H3. The Morgan fingerprint density at radius 2 is 1.85 bits per heavy atom. The van der Waals surface area contributed by atoms with E-state index in [2.05, 4.69) is 5.32 Å². The molecule has 2 atom stereocenters. The number of nitrogens with one attached hydrogen (secondary N) is 1. The van der Waals surface area contributed by atoms with Gasteiger partial charge in [0.15, 0.2) is 0 Å². The SMILES string of the molecule is CC1CNCC(C)N1C(=O)OCc1c(F)cccc1F. The van der Waals surface area contributed by atoms with Crippen LogP contribution in [0.4, 0.5) is 13.6 Å². The van der Waals surface area contributed by atoms with Crippen LogP contribution in [0, 0.1) is 11.6 Å². The topological polar surface area (TPSA) is 41.6 Å². The summed E-state index contributed by atoms with van der Waals surface area (Å²) >= 11 is 0. The van der Waals surface area contributed by atoms with Gasteiger partial charge in [-0.15, -0.1) is 0 Å². The fourth-order valence-electron chi connectivity index (χ4n) is 2.37. The Morgan fingerprint density at radius 3 is 2.40 bits per heavy atom. The summed E-state index contributed by atoms with van der Waals surface area (Å²) in [6.45, 7) is 4.74. The van der Waals surface area contributed by atoms with E-state index in [4.69, 9.17) is 4.74 Å². The lowest BCUT2D eigenvalue weighted by Gasteiger charge is -2.38. The fraction of sp³-hybridized carbons (Fsp3) is 0.500. The first-order valence-electron chi connectivity index (χ1n) is 6.59. The van der Waals surface area contributed by atoms with Gasteiger partial charge in [-0.1, -0.05) is 6.07 Å². The molecule has 6 heteroatoms. The van der Waals surface area contributed by atoms with Gasteiger partial charge in [-0.25, -0.2) is 13.6 Å². The van der Waals surface area contributed by atoms with E-state index in [1.165, 1.54) is 6.07 Å². The number of rotatable bonds is 2. The molecule has 20 heavy (non-hydrogen) atoms. The summed E-state index contributed by atoms with van der Waals surface area (Å²) in [7, 11) is 0. The third kappa shape index (κ3) is 3.07. The van der Waals surface area contributed by atoms with Gasteiger partial charge in [0.05, 0.1) is 5.56 Å². The lowest BCUT2D eigenvalue weighted by molar-refractivity contribution is 0.0552. The average Bonchev–Trinajstić information content (AvgIpc) is 2.38. The van der Waals surface area contributed by atoms with E-state index in [9.17, 15) is 13.6 Å². The van der Waals surface area contributed by atoms with E-state index >= 15 is 0 Å². The van der Waals surface area contributed by atoms with Crippen molar-refractivity contribution in [3.63, 3.8) is 0 Å². The molecule has 1 fully saturated rings. The number of piperazine rings is 1. The summed E-state index contributed by atoms with van der Waals surface area (Å²) in [5.74, 6) is -1.42. The highest BCUT2D eigenvalue weighted by Crippen LogP contribution is 2.16. The van der Waals surface area contributed by atoms with Gasteiger partial charge >= 0.3 is 6.09 Å². The van der Waals surface area contributed by atoms with Gasteiger partial charge < -0.3 is 15.0 Å². The zero-order valence-corrected chi connectivity index (χ0v) is 11.5. The van der Waals surface area contributed by atoms with Crippen LogP contribution in [-0.2, 0) is 11.3 Å². The molecule has 4 nitrogen and oxygen atoms in total. The van der Waals surface area contributed by atoms with Crippen molar-refractivity contribution in [1.29, 1.82) is 0 Å². The molecule has 1 aromatic rings. The van der Waals surface area contributed by atoms with Crippen molar-refractivity contribution in [3.8, 4) is 0 Å². The van der Waals surface area contributed by atoms with Gasteiger partial charge in [0.2, 0.25) is 0 Å². The monoisotopic (exact) mass is 284 g/mol. The van der Waals surface area contributed by atoms with Crippen molar-refractivity contribution >= 4 is 6.09 Å². The molecule has 0 saturated carbocycles. The number of ether oxygens (including phenoxy) is 1. The predicted molar refractivity (Wildman–Crippen MR) is 70.2 cm³/mol. The molecular formula is C14H18F2N2O2. The molecule has 2 unspecified atom stereocenters. The van der Waals surface area contributed by atoms with Crippen molar-refractivity contribution < 1.29 is 18.3 Å². The van der Waals surface area contributed by atoms with Gasteiger partial charge in [0, 0.05) is 25.2 Å². The third-order valence-electron chi connectivity index (χ3n) is 3.44. The number of amides is 1. The van der Waals surface area contributed by atoms with Crippen molar-refractivity contribution in [2.75, 3.05) is 13.1 Å². The van der Waals surface area contributed by atoms with Gasteiger partial charge in [0.25, 0.3) is 0 Å². The zero-order chi connectivity index (χ0) is 14.7. The summed E-state index contributed by atoms with van der Waals surface area (Å²) < 4.78 is 31.9. The first-order valence-corrected chi connectivity index (χ1v) is 6.59. The maximum Gasteiger partial charge on any atom is 0.410 e. The normalized spacial score (nSPS) is 22.7. The van der Waals surface area contributed by atoms with Crippen LogP contribution in [-0.4, -0.2) is 36.2 Å². The fourth-order valence-corrected chi connectivity index (χ4v) is 2.37. The summed E-state index contributed by atoms with van der Waals surface area (Å²) in [6, 6.07) is 3.52. The smallest absolute Gasteiger partial charge is 0.410 e. The van der Waals surface area contributed by atoms with Gasteiger partial charge in [-0.3, -0.25) is 0 Å². The molecule has 0 radical (unpaired) electrons. The maximum atomic E-state index is 13.4. The van der Waals surface area contributed by atoms with E-state index in [-0.39, 0.29) is 17.6 Å². The minimum Gasteiger partial charge on any atom is -0.444 e. The Bertz CT molecular complexity index is 466. The van der Waals surface area contributed by atoms with E-state index in [0.717, 1.165) is 12.1 Å². The van der Waals surface area contributed by atoms with Crippen LogP contribution in [0.2, 0.25) is 0 Å². The van der Waals surface area contributed by atoms with Gasteiger partial charge in [-0.05, 0) is 26.0 Å². The number of carbonyl (C=O) groups is 1. The summed E-state index contributed by atoms with van der Waals surface area (Å²) in [6.07, 6.45) is -0.547. The second-order valence-corrected chi connectivity index (χ2v) is 5.02. The second-order valence-electron chi connectivity index (χ2n) is 5.02. The van der Waals surface area contributed by atoms with Gasteiger partial charge in [-0.2, -0.15) is 0 Å². The first kappa shape index (κ1) is 14.7. The quantitative estimate of drug-likeness (QED) is 0.906. The highest BCUT2D eigenvalue weighted by Gasteiger charge is 2.30. The number of hydrogen-bond acceptors (Lipinski definition) is 3. The molecule has 0 aromatic heterocycles. The van der Waals surface area contributed by atoms with Crippen molar-refractivity contribution in [3.05, 3.63) is 35.4 Å². The number of benzene rings is 1. The molecule has 0 bridgehead atoms. The lowest BCUT2D eigenvalue weighted by atomic mass is 10.1. The predicted octanol–water partition coefficient (Wildman–Crippen LogP) is 2.28. The molecule has 1 aliphatic rings. The molecule has 0 spiro atoms. The van der Waals surface area contributed by atoms with E-state index in [1.54, 1.807) is 4.90 Å². The highest BCUT2D eigenvalue weighted by molar-refractivity contribution is 5.68. The van der Waals surface area contributed by atoms with Crippen LogP contribution in [0.15, 0.2) is 18.2 Å². The number of hydrogen-bond donors (Lipinski definition) is 1. The van der Waals surface area contributed by atoms with E-state index in [0.29, 0.717) is 13.1 Å². The van der Waals surface area contributed by atoms with Crippen LogP contribution in [0.5, 0.6) is 0 Å². The van der Waals surface area contributed by atoms with Crippen molar-refractivity contribution in [2.45, 2.75) is 32.5 Å². The van der Waals surface area contributed by atoms with Crippen LogP contribution in [0.3, 0.4) is 0 Å². The summed E-state index contributed by atoms with van der Waals surface area (Å²) in [4.78, 5) is 13.6. The molecule has 1 N–H and O–H groups in total. The molecule has 1 aromatic carbocycles. The molecule has 1 aliphatic heterocycles.